The van der Waals surface area contributed by atoms with Crippen LogP contribution in [0.1, 0.15) is 43.8 Å². The molecule has 1 aromatic carbocycles. The van der Waals surface area contributed by atoms with Gasteiger partial charge in [0.15, 0.2) is 18.5 Å². The molecule has 0 saturated heterocycles. The van der Waals surface area contributed by atoms with Gasteiger partial charge in [0.2, 0.25) is 5.88 Å². The fourth-order valence-corrected chi connectivity index (χ4v) is 5.63. The van der Waals surface area contributed by atoms with Crippen molar-refractivity contribution in [3.05, 3.63) is 52.1 Å². The van der Waals surface area contributed by atoms with Crippen LogP contribution in [-0.2, 0) is 9.59 Å². The van der Waals surface area contributed by atoms with Crippen LogP contribution in [0.25, 0.3) is 0 Å². The highest BCUT2D eigenvalue weighted by atomic mass is 35.5. The highest BCUT2D eigenvalue weighted by Crippen LogP contribution is 2.69. The molecule has 32 heavy (non-hydrogen) atoms. The molecule has 1 amide bonds. The maximum Gasteiger partial charge on any atom is 0.258 e. The van der Waals surface area contributed by atoms with Gasteiger partial charge in [-0.3, -0.25) is 9.59 Å². The zero-order valence-electron chi connectivity index (χ0n) is 17.1. The van der Waals surface area contributed by atoms with Gasteiger partial charge >= 0.3 is 0 Å². The van der Waals surface area contributed by atoms with Crippen LogP contribution in [-0.4, -0.2) is 40.0 Å². The third kappa shape index (κ3) is 4.05. The minimum atomic E-state index is -0.778. The van der Waals surface area contributed by atoms with Gasteiger partial charge in [0.25, 0.3) is 5.91 Å². The fourth-order valence-electron chi connectivity index (χ4n) is 5.34. The van der Waals surface area contributed by atoms with E-state index in [0.29, 0.717) is 33.7 Å². The normalized spacial score (nSPS) is 29.6. The largest absolute Gasteiger partial charge is 0.482 e. The number of aliphatic hydroxyl groups excluding tert-OH is 1. The molecule has 0 unspecified atom stereocenters. The van der Waals surface area contributed by atoms with Crippen LogP contribution in [0.3, 0.4) is 0 Å². The van der Waals surface area contributed by atoms with Crippen molar-refractivity contribution in [1.29, 1.82) is 0 Å². The van der Waals surface area contributed by atoms with Crippen LogP contribution < -0.4 is 14.8 Å². The maximum absolute atomic E-state index is 12.9. The third-order valence-electron chi connectivity index (χ3n) is 6.54. The number of hydrogen-bond acceptors (Lipinski definition) is 6. The van der Waals surface area contributed by atoms with Gasteiger partial charge in [0, 0.05) is 41.2 Å². The van der Waals surface area contributed by atoms with Crippen molar-refractivity contribution < 1.29 is 24.2 Å². The van der Waals surface area contributed by atoms with E-state index in [1.165, 1.54) is 6.20 Å². The van der Waals surface area contributed by atoms with E-state index in [9.17, 15) is 14.7 Å². The Morgan fingerprint density at radius 3 is 2.66 bits per heavy atom. The SMILES string of the molecule is O=C(COc1ccc(Cl)cn1)NC12CC(CC(=O)[C@H]3C[C@@H](O)c4cc(Cl)ccc4O3)(C1)C2. The molecule has 1 aromatic heterocycles. The van der Waals surface area contributed by atoms with Crippen molar-refractivity contribution in [2.24, 2.45) is 5.41 Å². The maximum atomic E-state index is 12.9. The number of ether oxygens (including phenoxy) is 2. The number of hydrogen-bond donors (Lipinski definition) is 2. The van der Waals surface area contributed by atoms with Crippen molar-refractivity contribution in [2.45, 2.75) is 49.9 Å². The number of ketones is 1. The molecule has 1 aliphatic heterocycles. The first-order valence-electron chi connectivity index (χ1n) is 10.5. The van der Waals surface area contributed by atoms with Crippen LogP contribution in [0, 0.1) is 5.41 Å². The van der Waals surface area contributed by atoms with Gasteiger partial charge < -0.3 is 19.9 Å². The van der Waals surface area contributed by atoms with E-state index >= 15 is 0 Å². The van der Waals surface area contributed by atoms with Crippen molar-refractivity contribution in [3.8, 4) is 11.6 Å². The molecule has 4 aliphatic rings. The van der Waals surface area contributed by atoms with E-state index in [2.05, 4.69) is 10.3 Å². The molecular formula is C23H22Cl2N2O5. The van der Waals surface area contributed by atoms with Crippen molar-refractivity contribution >= 4 is 34.9 Å². The topological polar surface area (TPSA) is 97.8 Å². The number of nitrogens with one attached hydrogen (secondary N) is 1. The van der Waals surface area contributed by atoms with E-state index in [0.717, 1.165) is 19.3 Å². The number of nitrogens with zero attached hydrogens (tertiary/aromatic N) is 1. The number of benzene rings is 1. The number of amides is 1. The minimum absolute atomic E-state index is 0.0126. The zero-order valence-corrected chi connectivity index (χ0v) is 18.7. The average Bonchev–Trinajstić information content (AvgIpc) is 2.71. The van der Waals surface area contributed by atoms with Gasteiger partial charge in [-0.15, -0.1) is 0 Å². The molecule has 0 radical (unpaired) electrons. The Morgan fingerprint density at radius 2 is 1.94 bits per heavy atom. The molecule has 2 heterocycles. The molecule has 7 nitrogen and oxygen atoms in total. The minimum Gasteiger partial charge on any atom is -0.482 e. The molecule has 9 heteroatoms. The summed E-state index contributed by atoms with van der Waals surface area (Å²) >= 11 is 11.8. The van der Waals surface area contributed by atoms with Crippen molar-refractivity contribution in [2.75, 3.05) is 6.61 Å². The van der Waals surface area contributed by atoms with Crippen LogP contribution in [0.5, 0.6) is 11.6 Å². The predicted octanol–water partition coefficient (Wildman–Crippen LogP) is 3.65. The monoisotopic (exact) mass is 476 g/mol. The van der Waals surface area contributed by atoms with Gasteiger partial charge in [-0.25, -0.2) is 4.98 Å². The highest BCUT2D eigenvalue weighted by molar-refractivity contribution is 6.30. The Balaban J connectivity index is 1.10. The third-order valence-corrected chi connectivity index (χ3v) is 7.00. The lowest BCUT2D eigenvalue weighted by Gasteiger charge is -2.70. The quantitative estimate of drug-likeness (QED) is 0.632. The first-order valence-corrected chi connectivity index (χ1v) is 11.2. The Hall–Kier alpha value is -2.35. The Bertz CT molecular complexity index is 1050. The van der Waals surface area contributed by atoms with Gasteiger partial charge in [-0.2, -0.15) is 0 Å². The lowest BCUT2D eigenvalue weighted by molar-refractivity contribution is -0.175. The molecule has 2 aromatic rings. The summed E-state index contributed by atoms with van der Waals surface area (Å²) in [6.07, 6.45) is 2.91. The summed E-state index contributed by atoms with van der Waals surface area (Å²) in [5.41, 5.74) is 0.284. The predicted molar refractivity (Wildman–Crippen MR) is 117 cm³/mol. The van der Waals surface area contributed by atoms with Crippen LogP contribution in [0.15, 0.2) is 36.5 Å². The molecule has 2 N–H and O–H groups in total. The molecule has 168 valence electrons. The smallest absolute Gasteiger partial charge is 0.258 e. The number of aliphatic hydroxyl groups is 1. The molecule has 0 spiro atoms. The summed E-state index contributed by atoms with van der Waals surface area (Å²) in [5.74, 6) is 0.613. The van der Waals surface area contributed by atoms with E-state index < -0.39 is 12.2 Å². The second-order valence-corrected chi connectivity index (χ2v) is 10.0. The summed E-state index contributed by atoms with van der Waals surface area (Å²) in [4.78, 5) is 29.1. The number of rotatable bonds is 7. The lowest BCUT2D eigenvalue weighted by Crippen LogP contribution is -2.75. The molecule has 2 atom stereocenters. The molecule has 2 bridgehead atoms. The first-order chi connectivity index (χ1) is 15.2. The van der Waals surface area contributed by atoms with E-state index in [1.807, 2.05) is 0 Å². The lowest BCUT2D eigenvalue weighted by atomic mass is 9.38. The molecule has 3 aliphatic carbocycles. The Morgan fingerprint density at radius 1 is 1.19 bits per heavy atom. The zero-order chi connectivity index (χ0) is 22.5. The van der Waals surface area contributed by atoms with E-state index in [-0.39, 0.29) is 35.7 Å². The van der Waals surface area contributed by atoms with Crippen molar-refractivity contribution in [3.63, 3.8) is 0 Å². The average molecular weight is 477 g/mol. The summed E-state index contributed by atoms with van der Waals surface area (Å²) in [6.45, 7) is -0.125. The number of pyridine rings is 1. The van der Waals surface area contributed by atoms with Crippen LogP contribution >= 0.6 is 23.2 Å². The van der Waals surface area contributed by atoms with Gasteiger partial charge in [-0.05, 0) is 48.9 Å². The fraction of sp³-hybridized carbons (Fsp3) is 0.435. The molecule has 3 saturated carbocycles. The Labute approximate surface area is 195 Å². The first kappa shape index (κ1) is 21.5. The molecule has 3 fully saturated rings. The highest BCUT2D eigenvalue weighted by Gasteiger charge is 2.68. The van der Waals surface area contributed by atoms with Gasteiger partial charge in [0.1, 0.15) is 5.75 Å². The van der Waals surface area contributed by atoms with Gasteiger partial charge in [-0.1, -0.05) is 23.2 Å². The second-order valence-electron chi connectivity index (χ2n) is 9.15. The van der Waals surface area contributed by atoms with Crippen molar-refractivity contribution in [1.82, 2.24) is 10.3 Å². The number of Topliss-reactive ketones (excluding diaryl/α,β-unsaturated/α-hetero) is 1. The van der Waals surface area contributed by atoms with E-state index in [4.69, 9.17) is 32.7 Å². The van der Waals surface area contributed by atoms with Crippen LogP contribution in [0.2, 0.25) is 10.0 Å². The summed E-state index contributed by atoms with van der Waals surface area (Å²) < 4.78 is 11.2. The number of halogens is 2. The van der Waals surface area contributed by atoms with E-state index in [1.54, 1.807) is 30.3 Å². The number of aromatic nitrogens is 1. The summed E-state index contributed by atoms with van der Waals surface area (Å²) in [5, 5.41) is 14.5. The van der Waals surface area contributed by atoms with Crippen LogP contribution in [0.4, 0.5) is 0 Å². The molecule has 6 rings (SSSR count). The number of carbonyl (C=O) groups is 2. The standard InChI is InChI=1S/C23H22Cl2N2O5/c24-13-1-3-18-15(5-13)16(28)6-19(32-18)17(29)7-22-10-23(11-22,12-22)27-20(30)9-31-21-4-2-14(25)8-26-21/h1-5,8,16,19,28H,6-7,9-12H2,(H,27,30)/t16-,19-,22?,23?/m1/s1. The summed E-state index contributed by atoms with van der Waals surface area (Å²) in [7, 11) is 0. The van der Waals surface area contributed by atoms with Gasteiger partial charge in [0.05, 0.1) is 11.1 Å². The Kier molecular flexibility index (Phi) is 5.31. The second kappa shape index (κ2) is 7.90. The number of carbonyl (C=O) groups excluding carboxylic acids is 2. The number of fused-ring (bicyclic) bond motifs is 1. The molecular weight excluding hydrogens is 455 g/mol. The summed E-state index contributed by atoms with van der Waals surface area (Å²) in [6, 6.07) is 8.29.